The first-order valence-electron chi connectivity index (χ1n) is 10.5. The van der Waals surface area contributed by atoms with Gasteiger partial charge in [0.25, 0.3) is 0 Å². The Balaban J connectivity index is 1.33. The van der Waals surface area contributed by atoms with E-state index < -0.39 is 26.6 Å². The van der Waals surface area contributed by atoms with Crippen LogP contribution in [0.25, 0.3) is 0 Å². The lowest BCUT2D eigenvalue weighted by atomic mass is 9.96. The Morgan fingerprint density at radius 1 is 0.906 bits per heavy atom. The summed E-state index contributed by atoms with van der Waals surface area (Å²) in [5, 5.41) is 0.677. The van der Waals surface area contributed by atoms with E-state index >= 15 is 0 Å². The molecule has 2 heterocycles. The van der Waals surface area contributed by atoms with E-state index in [-0.39, 0.29) is 24.9 Å². The Labute approximate surface area is 191 Å². The summed E-state index contributed by atoms with van der Waals surface area (Å²) < 4.78 is 54.1. The third-order valence-electron chi connectivity index (χ3n) is 6.10. The first-order valence-corrected chi connectivity index (χ1v) is 12.3. The van der Waals surface area contributed by atoms with Crippen molar-refractivity contribution >= 4 is 33.2 Å². The molecule has 2 aliphatic rings. The Kier molecular flexibility index (Phi) is 6.69. The van der Waals surface area contributed by atoms with Crippen molar-refractivity contribution in [3.05, 3.63) is 59.1 Å². The minimum Gasteiger partial charge on any atom is -0.368 e. The van der Waals surface area contributed by atoms with E-state index in [2.05, 4.69) is 4.90 Å². The van der Waals surface area contributed by atoms with Crippen molar-refractivity contribution in [2.24, 2.45) is 5.92 Å². The summed E-state index contributed by atoms with van der Waals surface area (Å²) in [5.41, 5.74) is 1.06. The molecule has 2 fully saturated rings. The van der Waals surface area contributed by atoms with Gasteiger partial charge in [0.05, 0.1) is 0 Å². The van der Waals surface area contributed by atoms with Gasteiger partial charge in [0, 0.05) is 55.9 Å². The van der Waals surface area contributed by atoms with E-state index in [1.165, 1.54) is 0 Å². The molecule has 0 unspecified atom stereocenters. The van der Waals surface area contributed by atoms with Gasteiger partial charge in [-0.25, -0.2) is 17.2 Å². The van der Waals surface area contributed by atoms with Gasteiger partial charge < -0.3 is 9.80 Å². The van der Waals surface area contributed by atoms with Crippen LogP contribution in [0.5, 0.6) is 0 Å². The summed E-state index contributed by atoms with van der Waals surface area (Å²) in [6.45, 7) is 2.79. The lowest BCUT2D eigenvalue weighted by molar-refractivity contribution is -0.137. The van der Waals surface area contributed by atoms with E-state index in [1.807, 2.05) is 29.2 Å². The highest BCUT2D eigenvalue weighted by atomic mass is 35.5. The minimum absolute atomic E-state index is 0.0229. The fraction of sp³-hybridized carbons (Fsp3) is 0.409. The van der Waals surface area contributed by atoms with Crippen LogP contribution in [0, 0.1) is 17.6 Å². The molecule has 2 saturated heterocycles. The molecule has 2 aromatic carbocycles. The normalized spacial score (nSPS) is 18.7. The van der Waals surface area contributed by atoms with Crippen molar-refractivity contribution < 1.29 is 22.0 Å². The van der Waals surface area contributed by atoms with Gasteiger partial charge in [-0.3, -0.25) is 4.79 Å². The number of carbonyl (C=O) groups is 1. The van der Waals surface area contributed by atoms with Gasteiger partial charge in [-0.15, -0.1) is 0 Å². The molecule has 0 aliphatic carbocycles. The van der Waals surface area contributed by atoms with E-state index in [0.717, 1.165) is 22.1 Å². The van der Waals surface area contributed by atoms with Gasteiger partial charge in [-0.1, -0.05) is 11.6 Å². The number of benzene rings is 2. The van der Waals surface area contributed by atoms with Gasteiger partial charge in [0.1, 0.15) is 16.5 Å². The van der Waals surface area contributed by atoms with Crippen LogP contribution in [0.2, 0.25) is 5.02 Å². The first-order chi connectivity index (χ1) is 15.3. The van der Waals surface area contributed by atoms with Crippen LogP contribution in [0.1, 0.15) is 12.8 Å². The number of amides is 1. The zero-order valence-electron chi connectivity index (χ0n) is 17.4. The van der Waals surface area contributed by atoms with Crippen LogP contribution >= 0.6 is 11.6 Å². The average molecular weight is 484 g/mol. The van der Waals surface area contributed by atoms with Crippen molar-refractivity contribution in [2.75, 3.05) is 44.2 Å². The second kappa shape index (κ2) is 9.33. The SMILES string of the molecule is O=C(C1CCN(S(=O)(=O)c2cc(F)ccc2F)CC1)N1CCN(c2ccc(Cl)cc2)CC1. The molecule has 2 aromatic rings. The number of piperidine rings is 1. The molecule has 0 radical (unpaired) electrons. The predicted octanol–water partition coefficient (Wildman–Crippen LogP) is 3.37. The highest BCUT2D eigenvalue weighted by molar-refractivity contribution is 7.89. The van der Waals surface area contributed by atoms with Gasteiger partial charge in [0.2, 0.25) is 15.9 Å². The van der Waals surface area contributed by atoms with Gasteiger partial charge >= 0.3 is 0 Å². The summed E-state index contributed by atoms with van der Waals surface area (Å²) in [4.78, 5) is 16.3. The highest BCUT2D eigenvalue weighted by Gasteiger charge is 2.35. The van der Waals surface area contributed by atoms with Crippen molar-refractivity contribution in [2.45, 2.75) is 17.7 Å². The number of halogens is 3. The van der Waals surface area contributed by atoms with E-state index in [1.54, 1.807) is 0 Å². The maximum atomic E-state index is 14.0. The van der Waals surface area contributed by atoms with Crippen LogP contribution in [-0.2, 0) is 14.8 Å². The third-order valence-corrected chi connectivity index (χ3v) is 8.26. The number of hydrogen-bond donors (Lipinski definition) is 0. The molecular formula is C22H24ClF2N3O3S. The highest BCUT2D eigenvalue weighted by Crippen LogP contribution is 2.28. The van der Waals surface area contributed by atoms with Crippen LogP contribution < -0.4 is 4.90 Å². The van der Waals surface area contributed by atoms with E-state index in [9.17, 15) is 22.0 Å². The number of piperazine rings is 1. The average Bonchev–Trinajstić information content (AvgIpc) is 2.81. The lowest BCUT2D eigenvalue weighted by Crippen LogP contribution is -2.52. The number of nitrogens with zero attached hydrogens (tertiary/aromatic N) is 3. The smallest absolute Gasteiger partial charge is 0.246 e. The topological polar surface area (TPSA) is 60.9 Å². The molecule has 0 N–H and O–H groups in total. The maximum absolute atomic E-state index is 14.0. The molecule has 6 nitrogen and oxygen atoms in total. The van der Waals surface area contributed by atoms with Crippen molar-refractivity contribution in [3.63, 3.8) is 0 Å². The zero-order valence-corrected chi connectivity index (χ0v) is 19.0. The van der Waals surface area contributed by atoms with E-state index in [4.69, 9.17) is 11.6 Å². The second-order valence-corrected chi connectivity index (χ2v) is 10.4. The lowest BCUT2D eigenvalue weighted by Gasteiger charge is -2.39. The molecule has 32 heavy (non-hydrogen) atoms. The summed E-state index contributed by atoms with van der Waals surface area (Å²) in [6.07, 6.45) is 0.707. The number of carbonyl (C=O) groups excluding carboxylic acids is 1. The first kappa shape index (κ1) is 22.9. The molecule has 0 spiro atoms. The Hall–Kier alpha value is -2.23. The summed E-state index contributed by atoms with van der Waals surface area (Å²) >= 11 is 5.94. The minimum atomic E-state index is -4.15. The van der Waals surface area contributed by atoms with Crippen molar-refractivity contribution in [1.29, 1.82) is 0 Å². The monoisotopic (exact) mass is 483 g/mol. The Morgan fingerprint density at radius 2 is 1.53 bits per heavy atom. The van der Waals surface area contributed by atoms with Gasteiger partial charge in [0.15, 0.2) is 0 Å². The summed E-state index contributed by atoms with van der Waals surface area (Å²) in [6, 6.07) is 9.98. The molecular weight excluding hydrogens is 460 g/mol. The predicted molar refractivity (Wildman–Crippen MR) is 118 cm³/mol. The van der Waals surface area contributed by atoms with Crippen molar-refractivity contribution in [1.82, 2.24) is 9.21 Å². The molecule has 0 bridgehead atoms. The summed E-state index contributed by atoms with van der Waals surface area (Å²) in [7, 11) is -4.15. The Morgan fingerprint density at radius 3 is 2.16 bits per heavy atom. The molecule has 0 saturated carbocycles. The second-order valence-electron chi connectivity index (χ2n) is 8.04. The fourth-order valence-corrected chi connectivity index (χ4v) is 5.92. The number of anilines is 1. The van der Waals surface area contributed by atoms with Gasteiger partial charge in [-0.05, 0) is 55.3 Å². The van der Waals surface area contributed by atoms with Crippen molar-refractivity contribution in [3.8, 4) is 0 Å². The molecule has 10 heteroatoms. The molecule has 4 rings (SSSR count). The van der Waals surface area contributed by atoms with E-state index in [0.29, 0.717) is 50.1 Å². The molecule has 2 aliphatic heterocycles. The van der Waals surface area contributed by atoms with Crippen LogP contribution in [-0.4, -0.2) is 62.8 Å². The Bertz CT molecular complexity index is 1080. The quantitative estimate of drug-likeness (QED) is 0.669. The third kappa shape index (κ3) is 4.74. The van der Waals surface area contributed by atoms with Crippen LogP contribution in [0.4, 0.5) is 14.5 Å². The van der Waals surface area contributed by atoms with Crippen LogP contribution in [0.3, 0.4) is 0 Å². The fourth-order valence-electron chi connectivity index (χ4n) is 4.25. The van der Waals surface area contributed by atoms with Crippen LogP contribution in [0.15, 0.2) is 47.4 Å². The van der Waals surface area contributed by atoms with Gasteiger partial charge in [-0.2, -0.15) is 4.31 Å². The molecule has 1 amide bonds. The molecule has 172 valence electrons. The summed E-state index contributed by atoms with van der Waals surface area (Å²) in [5.74, 6) is -2.05. The largest absolute Gasteiger partial charge is 0.368 e. The number of hydrogen-bond acceptors (Lipinski definition) is 4. The maximum Gasteiger partial charge on any atom is 0.246 e. The number of sulfonamides is 1. The zero-order chi connectivity index (χ0) is 22.9. The number of rotatable bonds is 4. The molecule has 0 atom stereocenters. The molecule has 0 aromatic heterocycles. The standard InChI is InChI=1S/C22H24ClF2N3O3S/c23-17-1-4-19(5-2-17)26-11-13-27(14-12-26)22(29)16-7-9-28(10-8-16)32(30,31)21-15-18(24)3-6-20(21)25/h1-6,15-16H,7-14H2.